The van der Waals surface area contributed by atoms with Gasteiger partial charge in [-0.2, -0.15) is 0 Å². The minimum Gasteiger partial charge on any atom is -0.465 e. The monoisotopic (exact) mass is 265 g/mol. The molecule has 6 heteroatoms. The van der Waals surface area contributed by atoms with E-state index in [1.165, 1.54) is 7.11 Å². The van der Waals surface area contributed by atoms with E-state index in [2.05, 4.69) is 14.7 Å². The van der Waals surface area contributed by atoms with Gasteiger partial charge in [0, 0.05) is 0 Å². The molecule has 0 radical (unpaired) electrons. The maximum absolute atomic E-state index is 11.6. The molecule has 1 heterocycles. The number of benzene rings is 1. The summed E-state index contributed by atoms with van der Waals surface area (Å²) >= 11 is 6.12. The summed E-state index contributed by atoms with van der Waals surface area (Å²) in [6.45, 7) is 3.67. The number of nitrogens with zero attached hydrogens (tertiary/aromatic N) is 2. The predicted molar refractivity (Wildman–Crippen MR) is 69.8 cm³/mol. The highest BCUT2D eigenvalue weighted by Gasteiger charge is 2.18. The summed E-state index contributed by atoms with van der Waals surface area (Å²) in [5.74, 6) is -0.545. The first-order valence-electron chi connectivity index (χ1n) is 5.27. The number of fused-ring (bicyclic) bond motifs is 1. The van der Waals surface area contributed by atoms with E-state index in [1.54, 1.807) is 6.07 Å². The van der Waals surface area contributed by atoms with Crippen LogP contribution in [0.25, 0.3) is 11.0 Å². The van der Waals surface area contributed by atoms with Crippen molar-refractivity contribution in [3.8, 4) is 0 Å². The van der Waals surface area contributed by atoms with Crippen LogP contribution >= 0.6 is 11.6 Å². The summed E-state index contributed by atoms with van der Waals surface area (Å²) in [7, 11) is 1.28. The van der Waals surface area contributed by atoms with Gasteiger partial charge < -0.3 is 10.5 Å². The molecule has 0 bridgehead atoms. The van der Waals surface area contributed by atoms with Gasteiger partial charge in [-0.3, -0.25) is 0 Å². The first kappa shape index (κ1) is 12.6. The van der Waals surface area contributed by atoms with E-state index in [-0.39, 0.29) is 16.3 Å². The van der Waals surface area contributed by atoms with Crippen molar-refractivity contribution < 1.29 is 9.53 Å². The summed E-state index contributed by atoms with van der Waals surface area (Å²) in [6, 6.07) is 1.54. The second-order valence-corrected chi connectivity index (χ2v) is 4.28. The molecular formula is C12H12ClN3O2. The average molecular weight is 266 g/mol. The number of carbonyl (C=O) groups is 1. The number of esters is 1. The summed E-state index contributed by atoms with van der Waals surface area (Å²) in [5, 5.41) is 0.225. The smallest absolute Gasteiger partial charge is 0.340 e. The third-order valence-electron chi connectivity index (χ3n) is 2.75. The van der Waals surface area contributed by atoms with Gasteiger partial charge in [-0.05, 0) is 19.9 Å². The molecule has 2 aromatic rings. The maximum Gasteiger partial charge on any atom is 0.340 e. The SMILES string of the molecule is COC(=O)c1cc2nc(C)c(C)nc2c(Cl)c1N. The molecule has 2 rings (SSSR count). The molecule has 0 amide bonds. The van der Waals surface area contributed by atoms with Crippen LogP contribution in [-0.4, -0.2) is 23.0 Å². The van der Waals surface area contributed by atoms with Crippen LogP contribution in [-0.2, 0) is 4.74 Å². The number of nitrogen functional groups attached to an aromatic ring is 1. The Morgan fingerprint density at radius 1 is 1.33 bits per heavy atom. The van der Waals surface area contributed by atoms with Crippen molar-refractivity contribution >= 4 is 34.3 Å². The standard InChI is InChI=1S/C12H12ClN3O2/c1-5-6(2)16-11-8(15-5)4-7(12(17)18-3)10(14)9(11)13/h4H,14H2,1-3H3. The fourth-order valence-electron chi connectivity index (χ4n) is 1.62. The summed E-state index contributed by atoms with van der Waals surface area (Å²) in [5.41, 5.74) is 8.74. The van der Waals surface area contributed by atoms with E-state index in [0.29, 0.717) is 11.0 Å². The van der Waals surface area contributed by atoms with E-state index >= 15 is 0 Å². The van der Waals surface area contributed by atoms with Crippen LogP contribution in [0.1, 0.15) is 21.7 Å². The zero-order chi connectivity index (χ0) is 13.4. The number of rotatable bonds is 1. The Morgan fingerprint density at radius 3 is 2.56 bits per heavy atom. The molecule has 0 aliphatic heterocycles. The van der Waals surface area contributed by atoms with Gasteiger partial charge in [0.2, 0.25) is 0 Å². The largest absolute Gasteiger partial charge is 0.465 e. The second kappa shape index (κ2) is 4.42. The fraction of sp³-hybridized carbons (Fsp3) is 0.250. The van der Waals surface area contributed by atoms with E-state index < -0.39 is 5.97 Å². The van der Waals surface area contributed by atoms with Gasteiger partial charge in [-0.25, -0.2) is 14.8 Å². The molecule has 18 heavy (non-hydrogen) atoms. The number of anilines is 1. The maximum atomic E-state index is 11.6. The lowest BCUT2D eigenvalue weighted by atomic mass is 10.1. The molecule has 2 N–H and O–H groups in total. The number of aromatic nitrogens is 2. The molecular weight excluding hydrogens is 254 g/mol. The van der Waals surface area contributed by atoms with Crippen LogP contribution in [0.3, 0.4) is 0 Å². The molecule has 0 fully saturated rings. The molecule has 0 atom stereocenters. The predicted octanol–water partition coefficient (Wildman–Crippen LogP) is 2.27. The number of nitrogens with two attached hydrogens (primary N) is 1. The number of aryl methyl sites for hydroxylation is 2. The van der Waals surface area contributed by atoms with Crippen LogP contribution in [0.4, 0.5) is 5.69 Å². The van der Waals surface area contributed by atoms with E-state index in [9.17, 15) is 4.79 Å². The molecule has 94 valence electrons. The Balaban J connectivity index is 2.83. The van der Waals surface area contributed by atoms with Crippen LogP contribution < -0.4 is 5.73 Å². The molecule has 0 spiro atoms. The number of methoxy groups -OCH3 is 1. The zero-order valence-electron chi connectivity index (χ0n) is 10.2. The van der Waals surface area contributed by atoms with Gasteiger partial charge in [0.05, 0.1) is 40.3 Å². The minimum absolute atomic E-state index is 0.161. The topological polar surface area (TPSA) is 78.1 Å². The van der Waals surface area contributed by atoms with Crippen molar-refractivity contribution in [1.29, 1.82) is 0 Å². The van der Waals surface area contributed by atoms with Gasteiger partial charge in [0.25, 0.3) is 0 Å². The van der Waals surface area contributed by atoms with Crippen molar-refractivity contribution in [3.63, 3.8) is 0 Å². The zero-order valence-corrected chi connectivity index (χ0v) is 11.0. The second-order valence-electron chi connectivity index (χ2n) is 3.91. The van der Waals surface area contributed by atoms with Crippen LogP contribution in [0, 0.1) is 13.8 Å². The normalized spacial score (nSPS) is 10.7. The van der Waals surface area contributed by atoms with Crippen molar-refractivity contribution in [1.82, 2.24) is 9.97 Å². The Labute approximate surface area is 109 Å². The highest BCUT2D eigenvalue weighted by atomic mass is 35.5. The third kappa shape index (κ3) is 1.86. The average Bonchev–Trinajstić information content (AvgIpc) is 2.35. The van der Waals surface area contributed by atoms with Gasteiger partial charge in [-0.15, -0.1) is 0 Å². The summed E-state index contributed by atoms with van der Waals surface area (Å²) in [4.78, 5) is 20.3. The molecule has 0 aliphatic carbocycles. The molecule has 1 aromatic heterocycles. The quantitative estimate of drug-likeness (QED) is 0.632. The molecule has 0 unspecified atom stereocenters. The van der Waals surface area contributed by atoms with Crippen LogP contribution in [0.15, 0.2) is 6.07 Å². The lowest BCUT2D eigenvalue weighted by molar-refractivity contribution is 0.0602. The van der Waals surface area contributed by atoms with Gasteiger partial charge >= 0.3 is 5.97 Å². The highest BCUT2D eigenvalue weighted by molar-refractivity contribution is 6.38. The van der Waals surface area contributed by atoms with E-state index in [4.69, 9.17) is 17.3 Å². The van der Waals surface area contributed by atoms with Crippen molar-refractivity contribution in [2.24, 2.45) is 0 Å². The highest BCUT2D eigenvalue weighted by Crippen LogP contribution is 2.31. The number of halogens is 1. The lowest BCUT2D eigenvalue weighted by Crippen LogP contribution is -2.07. The minimum atomic E-state index is -0.545. The van der Waals surface area contributed by atoms with Crippen molar-refractivity contribution in [2.75, 3.05) is 12.8 Å². The van der Waals surface area contributed by atoms with Gasteiger partial charge in [0.15, 0.2) is 0 Å². The number of ether oxygens (including phenoxy) is 1. The summed E-state index contributed by atoms with van der Waals surface area (Å²) < 4.78 is 4.65. The lowest BCUT2D eigenvalue weighted by Gasteiger charge is -2.09. The molecule has 1 aromatic carbocycles. The van der Waals surface area contributed by atoms with Crippen LogP contribution in [0.2, 0.25) is 5.02 Å². The third-order valence-corrected chi connectivity index (χ3v) is 3.14. The fourth-order valence-corrected chi connectivity index (χ4v) is 1.86. The van der Waals surface area contributed by atoms with Gasteiger partial charge in [0.1, 0.15) is 5.52 Å². The van der Waals surface area contributed by atoms with E-state index in [1.807, 2.05) is 13.8 Å². The molecule has 0 aliphatic rings. The van der Waals surface area contributed by atoms with Crippen molar-refractivity contribution in [2.45, 2.75) is 13.8 Å². The van der Waals surface area contributed by atoms with Gasteiger partial charge in [-0.1, -0.05) is 11.6 Å². The van der Waals surface area contributed by atoms with E-state index in [0.717, 1.165) is 11.4 Å². The molecule has 0 saturated heterocycles. The summed E-state index contributed by atoms with van der Waals surface area (Å²) in [6.07, 6.45) is 0. The number of hydrogen-bond acceptors (Lipinski definition) is 5. The first-order valence-corrected chi connectivity index (χ1v) is 5.64. The molecule has 5 nitrogen and oxygen atoms in total. The Hall–Kier alpha value is -1.88. The molecule has 0 saturated carbocycles. The Morgan fingerprint density at radius 2 is 1.94 bits per heavy atom. The number of hydrogen-bond donors (Lipinski definition) is 1. The first-order chi connectivity index (χ1) is 8.45. The van der Waals surface area contributed by atoms with Crippen molar-refractivity contribution in [3.05, 3.63) is 28.0 Å². The van der Waals surface area contributed by atoms with Crippen LogP contribution in [0.5, 0.6) is 0 Å². The number of carbonyl (C=O) groups excluding carboxylic acids is 1. The Bertz CT molecular complexity index is 656. The Kier molecular flexibility index (Phi) is 3.09.